The van der Waals surface area contributed by atoms with Gasteiger partial charge in [0.1, 0.15) is 11.6 Å². The van der Waals surface area contributed by atoms with Crippen molar-refractivity contribution < 1.29 is 23.8 Å². The zero-order chi connectivity index (χ0) is 19.4. The number of rotatable bonds is 5. The summed E-state index contributed by atoms with van der Waals surface area (Å²) in [4.78, 5) is 27.0. The Balaban J connectivity index is 1.63. The summed E-state index contributed by atoms with van der Waals surface area (Å²) in [5.74, 6) is -1.29. The van der Waals surface area contributed by atoms with Crippen molar-refractivity contribution >= 4 is 29.2 Å². The number of piperazine rings is 1. The summed E-state index contributed by atoms with van der Waals surface area (Å²) >= 11 is 6.11. The van der Waals surface area contributed by atoms with Crippen LogP contribution >= 0.6 is 11.6 Å². The molecule has 0 unspecified atom stereocenters. The van der Waals surface area contributed by atoms with Crippen LogP contribution in [0.1, 0.15) is 10.4 Å². The second kappa shape index (κ2) is 8.26. The average Bonchev–Trinajstić information content (AvgIpc) is 2.66. The predicted molar refractivity (Wildman–Crippen MR) is 99.1 cm³/mol. The van der Waals surface area contributed by atoms with Crippen LogP contribution in [0.15, 0.2) is 42.5 Å². The highest BCUT2D eigenvalue weighted by Crippen LogP contribution is 2.27. The smallest absolute Gasteiger partial charge is 0.341 e. The van der Waals surface area contributed by atoms with Crippen molar-refractivity contribution in [2.24, 2.45) is 0 Å². The molecule has 1 aliphatic rings. The molecule has 0 aliphatic carbocycles. The number of amides is 1. The van der Waals surface area contributed by atoms with Gasteiger partial charge in [-0.25, -0.2) is 9.18 Å². The molecule has 1 aliphatic heterocycles. The van der Waals surface area contributed by atoms with Gasteiger partial charge in [0, 0.05) is 31.7 Å². The SMILES string of the molecule is O=C(O)COc1cccc(C(=O)N2CCN(c3ccc(F)cc3Cl)CC2)c1. The van der Waals surface area contributed by atoms with E-state index >= 15 is 0 Å². The molecule has 0 aromatic heterocycles. The molecule has 8 heteroatoms. The van der Waals surface area contributed by atoms with Crippen LogP contribution in [0.25, 0.3) is 0 Å². The largest absolute Gasteiger partial charge is 0.482 e. The predicted octanol–water partition coefficient (Wildman–Crippen LogP) is 2.90. The lowest BCUT2D eigenvalue weighted by atomic mass is 10.1. The summed E-state index contributed by atoms with van der Waals surface area (Å²) in [5.41, 5.74) is 1.18. The normalized spacial score (nSPS) is 14.1. The van der Waals surface area contributed by atoms with Crippen LogP contribution in [0.3, 0.4) is 0 Å². The maximum absolute atomic E-state index is 13.2. The lowest BCUT2D eigenvalue weighted by molar-refractivity contribution is -0.139. The number of anilines is 1. The number of carboxylic acids is 1. The van der Waals surface area contributed by atoms with Crippen molar-refractivity contribution in [3.8, 4) is 5.75 Å². The van der Waals surface area contributed by atoms with Crippen molar-refractivity contribution in [1.29, 1.82) is 0 Å². The Labute approximate surface area is 160 Å². The number of benzene rings is 2. The van der Waals surface area contributed by atoms with Gasteiger partial charge in [-0.15, -0.1) is 0 Å². The standard InChI is InChI=1S/C19H18ClFN2O4/c20-16-11-14(21)4-5-17(16)22-6-8-23(9-7-22)19(26)13-2-1-3-15(10-13)27-12-18(24)25/h1-5,10-11H,6-9,12H2,(H,24,25). The first kappa shape index (κ1) is 19.0. The highest BCUT2D eigenvalue weighted by Gasteiger charge is 2.23. The zero-order valence-electron chi connectivity index (χ0n) is 14.4. The van der Waals surface area contributed by atoms with Gasteiger partial charge in [0.15, 0.2) is 6.61 Å². The Morgan fingerprint density at radius 1 is 1.11 bits per heavy atom. The van der Waals surface area contributed by atoms with Gasteiger partial charge in [-0.05, 0) is 36.4 Å². The molecule has 2 aromatic rings. The van der Waals surface area contributed by atoms with Gasteiger partial charge in [-0.2, -0.15) is 0 Å². The lowest BCUT2D eigenvalue weighted by Gasteiger charge is -2.36. The van der Waals surface area contributed by atoms with E-state index in [1.807, 2.05) is 4.90 Å². The van der Waals surface area contributed by atoms with E-state index in [4.69, 9.17) is 21.4 Å². The van der Waals surface area contributed by atoms with Crippen LogP contribution in [0.4, 0.5) is 10.1 Å². The molecule has 6 nitrogen and oxygen atoms in total. The van der Waals surface area contributed by atoms with Crippen LogP contribution in [0, 0.1) is 5.82 Å². The number of carbonyl (C=O) groups is 2. The van der Waals surface area contributed by atoms with Crippen molar-refractivity contribution in [2.75, 3.05) is 37.7 Å². The van der Waals surface area contributed by atoms with E-state index in [9.17, 15) is 14.0 Å². The molecule has 2 aromatic carbocycles. The van der Waals surface area contributed by atoms with Crippen molar-refractivity contribution in [2.45, 2.75) is 0 Å². The molecule has 0 spiro atoms. The first-order valence-corrected chi connectivity index (χ1v) is 8.76. The first-order chi connectivity index (χ1) is 12.9. The van der Waals surface area contributed by atoms with E-state index in [1.165, 1.54) is 18.2 Å². The highest BCUT2D eigenvalue weighted by atomic mass is 35.5. The van der Waals surface area contributed by atoms with Gasteiger partial charge in [-0.1, -0.05) is 17.7 Å². The van der Waals surface area contributed by atoms with Gasteiger partial charge in [0.05, 0.1) is 10.7 Å². The number of halogens is 2. The summed E-state index contributed by atoms with van der Waals surface area (Å²) in [6.45, 7) is 1.67. The molecule has 0 radical (unpaired) electrons. The summed E-state index contributed by atoms with van der Waals surface area (Å²) in [5, 5.41) is 9.02. The molecule has 0 saturated carbocycles. The number of nitrogens with zero attached hydrogens (tertiary/aromatic N) is 2. The molecule has 0 atom stereocenters. The third-order valence-electron chi connectivity index (χ3n) is 4.26. The van der Waals surface area contributed by atoms with Crippen molar-refractivity contribution in [3.63, 3.8) is 0 Å². The molecule has 1 fully saturated rings. The summed E-state index contributed by atoms with van der Waals surface area (Å²) in [6, 6.07) is 10.7. The first-order valence-electron chi connectivity index (χ1n) is 8.38. The number of aliphatic carboxylic acids is 1. The Morgan fingerprint density at radius 2 is 1.85 bits per heavy atom. The molecule has 1 heterocycles. The van der Waals surface area contributed by atoms with E-state index in [0.29, 0.717) is 42.5 Å². The second-order valence-electron chi connectivity index (χ2n) is 6.09. The fraction of sp³-hybridized carbons (Fsp3) is 0.263. The number of carbonyl (C=O) groups excluding carboxylic acids is 1. The van der Waals surface area contributed by atoms with Crippen molar-refractivity contribution in [3.05, 3.63) is 58.9 Å². The van der Waals surface area contributed by atoms with Gasteiger partial charge < -0.3 is 19.6 Å². The Bertz CT molecular complexity index is 853. The van der Waals surface area contributed by atoms with Gasteiger partial charge in [-0.3, -0.25) is 4.79 Å². The summed E-state index contributed by atoms with van der Waals surface area (Å²) < 4.78 is 18.3. The summed E-state index contributed by atoms with van der Waals surface area (Å²) in [6.07, 6.45) is 0. The van der Waals surface area contributed by atoms with E-state index in [2.05, 4.69) is 0 Å². The molecule has 27 heavy (non-hydrogen) atoms. The fourth-order valence-electron chi connectivity index (χ4n) is 2.93. The summed E-state index contributed by atoms with van der Waals surface area (Å²) in [7, 11) is 0. The Kier molecular flexibility index (Phi) is 5.81. The van der Waals surface area contributed by atoms with E-state index in [-0.39, 0.29) is 11.7 Å². The van der Waals surface area contributed by atoms with Crippen LogP contribution in [-0.4, -0.2) is 54.7 Å². The third kappa shape index (κ3) is 4.68. The number of carboxylic acid groups (broad SMARTS) is 1. The minimum Gasteiger partial charge on any atom is -0.482 e. The van der Waals surface area contributed by atoms with Gasteiger partial charge in [0.25, 0.3) is 5.91 Å². The molecule has 142 valence electrons. The molecule has 1 saturated heterocycles. The molecule has 1 amide bonds. The third-order valence-corrected chi connectivity index (χ3v) is 4.56. The Morgan fingerprint density at radius 3 is 2.52 bits per heavy atom. The maximum atomic E-state index is 13.2. The molecule has 0 bridgehead atoms. The minimum absolute atomic E-state index is 0.152. The van der Waals surface area contributed by atoms with Crippen molar-refractivity contribution in [1.82, 2.24) is 4.90 Å². The molecular weight excluding hydrogens is 375 g/mol. The van der Waals surface area contributed by atoms with Crippen LogP contribution < -0.4 is 9.64 Å². The molecule has 3 rings (SSSR count). The topological polar surface area (TPSA) is 70.1 Å². The minimum atomic E-state index is -1.08. The second-order valence-corrected chi connectivity index (χ2v) is 6.49. The zero-order valence-corrected chi connectivity index (χ0v) is 15.2. The lowest BCUT2D eigenvalue weighted by Crippen LogP contribution is -2.48. The van der Waals surface area contributed by atoms with E-state index < -0.39 is 12.6 Å². The van der Waals surface area contributed by atoms with Crippen LogP contribution in [0.2, 0.25) is 5.02 Å². The van der Waals surface area contributed by atoms with Gasteiger partial charge >= 0.3 is 5.97 Å². The van der Waals surface area contributed by atoms with Crippen LogP contribution in [0.5, 0.6) is 5.75 Å². The fourth-order valence-corrected chi connectivity index (χ4v) is 3.22. The quantitative estimate of drug-likeness (QED) is 0.847. The molecule has 1 N–H and O–H groups in total. The van der Waals surface area contributed by atoms with Gasteiger partial charge in [0.2, 0.25) is 0 Å². The number of hydrogen-bond donors (Lipinski definition) is 1. The highest BCUT2D eigenvalue weighted by molar-refractivity contribution is 6.33. The van der Waals surface area contributed by atoms with E-state index in [1.54, 1.807) is 29.2 Å². The molecular formula is C19H18ClFN2O4. The Hall–Kier alpha value is -2.80. The van der Waals surface area contributed by atoms with Crippen LogP contribution in [-0.2, 0) is 4.79 Å². The monoisotopic (exact) mass is 392 g/mol. The van der Waals surface area contributed by atoms with E-state index in [0.717, 1.165) is 5.69 Å². The average molecular weight is 393 g/mol. The number of hydrogen-bond acceptors (Lipinski definition) is 4. The maximum Gasteiger partial charge on any atom is 0.341 e. The number of ether oxygens (including phenoxy) is 1.